The summed E-state index contributed by atoms with van der Waals surface area (Å²) in [7, 11) is 0. The molecule has 0 fully saturated rings. The van der Waals surface area contributed by atoms with Crippen molar-refractivity contribution in [3.8, 4) is 5.75 Å². The molecule has 0 aromatic heterocycles. The fraction of sp³-hybridized carbons (Fsp3) is 0.611. The molecule has 22 heavy (non-hydrogen) atoms. The Morgan fingerprint density at radius 2 is 1.55 bits per heavy atom. The van der Waals surface area contributed by atoms with Crippen LogP contribution in [0.4, 0.5) is 0 Å². The first-order valence-electron chi connectivity index (χ1n) is 8.19. The Kier molecular flexibility index (Phi) is 13.6. The third-order valence-electron chi connectivity index (χ3n) is 3.88. The Bertz CT molecular complexity index is 432. The first-order valence-corrected chi connectivity index (χ1v) is 8.19. The summed E-state index contributed by atoms with van der Waals surface area (Å²) in [5.74, 6) is -1.48. The van der Waals surface area contributed by atoms with Gasteiger partial charge in [0.05, 0.1) is 5.56 Å². The van der Waals surface area contributed by atoms with Gasteiger partial charge in [0.2, 0.25) is 0 Å². The van der Waals surface area contributed by atoms with Gasteiger partial charge in [0.15, 0.2) is 0 Å². The van der Waals surface area contributed by atoms with Crippen molar-refractivity contribution in [3.63, 3.8) is 0 Å². The van der Waals surface area contributed by atoms with Crippen LogP contribution in [-0.4, -0.2) is 11.1 Å². The van der Waals surface area contributed by atoms with Crippen LogP contribution in [0, 0.1) is 0 Å². The summed E-state index contributed by atoms with van der Waals surface area (Å²) in [6, 6.07) is 4.73. The average Bonchev–Trinajstić information content (AvgIpc) is 2.45. The Hall–Kier alpha value is 0.126. The molecule has 0 bridgehead atoms. The molecule has 0 aliphatic rings. The molecule has 1 N–H and O–H groups in total. The van der Waals surface area contributed by atoms with E-state index in [1.807, 2.05) is 0 Å². The molecular weight excluding hydrogens is 303 g/mol. The monoisotopic (exact) mass is 330 g/mol. The second kappa shape index (κ2) is 13.6. The van der Waals surface area contributed by atoms with E-state index in [-0.39, 0.29) is 62.7 Å². The molecule has 3 nitrogen and oxygen atoms in total. The van der Waals surface area contributed by atoms with E-state index in [2.05, 4.69) is 6.92 Å². The maximum Gasteiger partial charge on any atom is 1.00 e. The van der Waals surface area contributed by atoms with Crippen molar-refractivity contribution in [1.29, 1.82) is 0 Å². The van der Waals surface area contributed by atoms with Crippen LogP contribution < -0.4 is 56.5 Å². The van der Waals surface area contributed by atoms with Gasteiger partial charge in [-0.05, 0) is 18.4 Å². The Morgan fingerprint density at radius 3 is 2.09 bits per heavy atom. The zero-order valence-electron chi connectivity index (χ0n) is 14.1. The van der Waals surface area contributed by atoms with E-state index in [4.69, 9.17) is 5.11 Å². The summed E-state index contributed by atoms with van der Waals surface area (Å²) < 4.78 is 0. The smallest absolute Gasteiger partial charge is 0.872 e. The first kappa shape index (κ1) is 22.1. The van der Waals surface area contributed by atoms with E-state index in [1.54, 1.807) is 12.1 Å². The van der Waals surface area contributed by atoms with Gasteiger partial charge in [-0.3, -0.25) is 0 Å². The second-order valence-electron chi connectivity index (χ2n) is 5.67. The number of hydrogen-bond acceptors (Lipinski definition) is 2. The van der Waals surface area contributed by atoms with Gasteiger partial charge in [0.1, 0.15) is 0 Å². The molecule has 0 atom stereocenters. The minimum atomic E-state index is -1.11. The van der Waals surface area contributed by atoms with Crippen LogP contribution >= 0.6 is 0 Å². The van der Waals surface area contributed by atoms with Gasteiger partial charge in [-0.1, -0.05) is 82.2 Å². The minimum absolute atomic E-state index is 0. The number of carboxylic acids is 1. The molecule has 0 heterocycles. The standard InChI is InChI=1S/C18H28O3.K/c1-2-3-4-5-6-7-8-9-10-12-15-13-11-14-16(19)17(15)18(20)21;/h11,13-14,19H,2-10,12H2,1H3,(H,20,21);/q;+1/p-1. The van der Waals surface area contributed by atoms with Crippen LogP contribution in [0.1, 0.15) is 80.6 Å². The van der Waals surface area contributed by atoms with Crippen LogP contribution in [0.5, 0.6) is 5.75 Å². The van der Waals surface area contributed by atoms with Gasteiger partial charge in [-0.25, -0.2) is 4.79 Å². The fourth-order valence-electron chi connectivity index (χ4n) is 2.65. The molecule has 0 aliphatic heterocycles. The number of aromatic carboxylic acids is 1. The molecule has 1 rings (SSSR count). The Balaban J connectivity index is 0.00000441. The predicted octanol–water partition coefficient (Wildman–Crippen LogP) is 1.54. The topological polar surface area (TPSA) is 60.4 Å². The maximum absolute atomic E-state index is 11.6. The van der Waals surface area contributed by atoms with Crippen LogP contribution in [0.2, 0.25) is 0 Å². The summed E-state index contributed by atoms with van der Waals surface area (Å²) >= 11 is 0. The minimum Gasteiger partial charge on any atom is -0.872 e. The summed E-state index contributed by atoms with van der Waals surface area (Å²) in [6.45, 7) is 2.22. The number of hydrogen-bond donors (Lipinski definition) is 1. The van der Waals surface area contributed by atoms with E-state index in [0.717, 1.165) is 12.8 Å². The molecule has 0 radical (unpaired) electrons. The van der Waals surface area contributed by atoms with Gasteiger partial charge >= 0.3 is 57.4 Å². The largest absolute Gasteiger partial charge is 1.00 e. The molecule has 1 aromatic rings. The number of unbranched alkanes of at least 4 members (excludes halogenated alkanes) is 8. The third kappa shape index (κ3) is 8.68. The van der Waals surface area contributed by atoms with E-state index in [9.17, 15) is 9.90 Å². The summed E-state index contributed by atoms with van der Waals surface area (Å²) in [5, 5.41) is 20.7. The van der Waals surface area contributed by atoms with E-state index < -0.39 is 5.97 Å². The molecule has 0 aliphatic carbocycles. The van der Waals surface area contributed by atoms with Crippen LogP contribution in [-0.2, 0) is 6.42 Å². The molecule has 0 unspecified atom stereocenters. The van der Waals surface area contributed by atoms with Crippen molar-refractivity contribution in [2.24, 2.45) is 0 Å². The zero-order valence-corrected chi connectivity index (χ0v) is 17.2. The number of carbonyl (C=O) groups is 1. The normalized spacial score (nSPS) is 10.2. The predicted molar refractivity (Wildman–Crippen MR) is 83.8 cm³/mol. The van der Waals surface area contributed by atoms with Gasteiger partial charge in [-0.2, -0.15) is 0 Å². The number of rotatable bonds is 11. The molecule has 118 valence electrons. The SMILES string of the molecule is CCCCCCCCCCCc1cccc([O-])c1C(=O)O.[K+]. The van der Waals surface area contributed by atoms with Gasteiger partial charge < -0.3 is 10.2 Å². The van der Waals surface area contributed by atoms with Crippen molar-refractivity contribution in [2.45, 2.75) is 71.1 Å². The van der Waals surface area contributed by atoms with Gasteiger partial charge in [0.25, 0.3) is 0 Å². The van der Waals surface area contributed by atoms with Crippen LogP contribution in [0.3, 0.4) is 0 Å². The van der Waals surface area contributed by atoms with Crippen molar-refractivity contribution in [3.05, 3.63) is 29.3 Å². The average molecular weight is 331 g/mol. The molecule has 0 saturated carbocycles. The Labute approximate surface area is 176 Å². The third-order valence-corrected chi connectivity index (χ3v) is 3.88. The second-order valence-corrected chi connectivity index (χ2v) is 5.67. The van der Waals surface area contributed by atoms with E-state index in [1.165, 1.54) is 51.0 Å². The number of aryl methyl sites for hydroxylation is 1. The molecule has 4 heteroatoms. The molecular formula is C18H27KO3. The number of carboxylic acid groups (broad SMARTS) is 1. The van der Waals surface area contributed by atoms with Crippen molar-refractivity contribution in [2.75, 3.05) is 0 Å². The van der Waals surface area contributed by atoms with Gasteiger partial charge in [-0.15, -0.1) is 0 Å². The van der Waals surface area contributed by atoms with Crippen LogP contribution in [0.25, 0.3) is 0 Å². The van der Waals surface area contributed by atoms with Gasteiger partial charge in [0, 0.05) is 0 Å². The summed E-state index contributed by atoms with van der Waals surface area (Å²) in [4.78, 5) is 11.1. The van der Waals surface area contributed by atoms with E-state index >= 15 is 0 Å². The molecule has 0 saturated heterocycles. The summed E-state index contributed by atoms with van der Waals surface area (Å²) in [6.07, 6.45) is 11.8. The quantitative estimate of drug-likeness (QED) is 0.494. The van der Waals surface area contributed by atoms with Crippen LogP contribution in [0.15, 0.2) is 18.2 Å². The number of benzene rings is 1. The maximum atomic E-state index is 11.6. The zero-order chi connectivity index (χ0) is 15.5. The molecule has 0 amide bonds. The van der Waals surface area contributed by atoms with E-state index in [0.29, 0.717) is 12.0 Å². The van der Waals surface area contributed by atoms with Crippen molar-refractivity contribution in [1.82, 2.24) is 0 Å². The molecule has 0 spiro atoms. The van der Waals surface area contributed by atoms with Crippen molar-refractivity contribution < 1.29 is 66.4 Å². The summed E-state index contributed by atoms with van der Waals surface area (Å²) in [5.41, 5.74) is 0.634. The fourth-order valence-corrected chi connectivity index (χ4v) is 2.65. The van der Waals surface area contributed by atoms with Crippen molar-refractivity contribution >= 4 is 5.97 Å². The Morgan fingerprint density at radius 1 is 1.00 bits per heavy atom. The first-order chi connectivity index (χ1) is 10.2. The molecule has 1 aromatic carbocycles.